The molecular weight excluding hydrogens is 634 g/mol. The van der Waals surface area contributed by atoms with Crippen LogP contribution in [0.15, 0.2) is 0 Å². The second kappa shape index (κ2) is 11.3. The van der Waals surface area contributed by atoms with Crippen LogP contribution in [0.3, 0.4) is 0 Å². The van der Waals surface area contributed by atoms with Crippen molar-refractivity contribution in [2.45, 2.75) is 158 Å². The van der Waals surface area contributed by atoms with Crippen LogP contribution in [0.2, 0.25) is 0 Å². The molecule has 0 unspecified atom stereocenters. The van der Waals surface area contributed by atoms with Crippen molar-refractivity contribution in [2.24, 2.45) is 46.8 Å². The van der Waals surface area contributed by atoms with Gasteiger partial charge in [-0.1, -0.05) is 34.6 Å². The summed E-state index contributed by atoms with van der Waals surface area (Å²) in [6, 6.07) is -0.251. The number of hydrogen-bond donors (Lipinski definition) is 6. The van der Waals surface area contributed by atoms with Gasteiger partial charge in [0.15, 0.2) is 17.8 Å². The molecular formula is C37H59NO11. The highest BCUT2D eigenvalue weighted by Crippen LogP contribution is 2.77. The quantitative estimate of drug-likeness (QED) is 0.221. The fraction of sp³-hybridized carbons (Fsp3) is 0.946. The second-order valence-electron chi connectivity index (χ2n) is 18.0. The van der Waals surface area contributed by atoms with Crippen LogP contribution in [-0.4, -0.2) is 119 Å². The van der Waals surface area contributed by atoms with E-state index in [4.69, 9.17) is 14.2 Å². The predicted molar refractivity (Wildman–Crippen MR) is 174 cm³/mol. The molecule has 12 nitrogen and oxygen atoms in total. The number of fused-ring (bicyclic) bond motifs is 5. The lowest BCUT2D eigenvalue weighted by molar-refractivity contribution is -0.301. The van der Waals surface area contributed by atoms with E-state index in [2.05, 4.69) is 11.8 Å². The van der Waals surface area contributed by atoms with E-state index >= 15 is 0 Å². The zero-order valence-electron chi connectivity index (χ0n) is 30.2. The Balaban J connectivity index is 1.36. The van der Waals surface area contributed by atoms with Gasteiger partial charge in [-0.25, -0.2) is 4.79 Å². The zero-order chi connectivity index (χ0) is 35.9. The van der Waals surface area contributed by atoms with Crippen molar-refractivity contribution >= 4 is 11.9 Å². The smallest absolute Gasteiger partial charge is 0.338 e. The normalized spacial score (nSPS) is 54.8. The second-order valence-corrected chi connectivity index (χ2v) is 18.0. The van der Waals surface area contributed by atoms with Crippen molar-refractivity contribution in [3.8, 4) is 0 Å². The average molecular weight is 694 g/mol. The number of hydrogen-bond acceptors (Lipinski definition) is 12. The number of carbonyl (C=O) groups excluding carboxylic acids is 2. The molecule has 0 aromatic carbocycles. The number of aliphatic hydroxyl groups is 6. The van der Waals surface area contributed by atoms with Crippen LogP contribution in [0, 0.1) is 46.8 Å². The summed E-state index contributed by atoms with van der Waals surface area (Å²) in [7, 11) is 0. The Bertz CT molecular complexity index is 1360. The van der Waals surface area contributed by atoms with E-state index in [9.17, 15) is 40.2 Å². The number of nitrogens with zero attached hydrogens (tertiary/aromatic N) is 1. The molecule has 3 saturated heterocycles. The monoisotopic (exact) mass is 693 g/mol. The first-order valence-corrected chi connectivity index (χ1v) is 18.9. The van der Waals surface area contributed by atoms with Crippen LogP contribution >= 0.6 is 0 Å². The van der Waals surface area contributed by atoms with E-state index in [1.165, 1.54) is 6.92 Å². The van der Waals surface area contributed by atoms with Gasteiger partial charge in [0.05, 0.1) is 29.3 Å². The lowest BCUT2D eigenvalue weighted by Crippen LogP contribution is -2.77. The minimum Gasteiger partial charge on any atom is -0.456 e. The summed E-state index contributed by atoms with van der Waals surface area (Å²) in [5.41, 5.74) is -7.49. The Hall–Kier alpha value is -1.38. The fourth-order valence-corrected chi connectivity index (χ4v) is 12.5. The molecule has 0 aromatic rings. The van der Waals surface area contributed by atoms with E-state index in [1.807, 2.05) is 13.8 Å². The largest absolute Gasteiger partial charge is 0.456 e. The summed E-state index contributed by atoms with van der Waals surface area (Å²) in [5, 5.41) is 73.7. The molecule has 49 heavy (non-hydrogen) atoms. The molecule has 3 heterocycles. The maximum absolute atomic E-state index is 13.6. The Kier molecular flexibility index (Phi) is 8.31. The van der Waals surface area contributed by atoms with Gasteiger partial charge >= 0.3 is 11.9 Å². The molecule has 6 N–H and O–H groups in total. The molecule has 0 amide bonds. The van der Waals surface area contributed by atoms with Gasteiger partial charge in [-0.2, -0.15) is 0 Å². The molecule has 4 saturated carbocycles. The topological polar surface area (TPSA) is 186 Å². The standard InChI is InChI=1S/C37H59NO11/c1-8-19(4)30(41)47-25-12-13-32(5)23-14-22(39)28-35(32,49-37(23,25)46)15-21-20-17-38-16-18(3)10-11-24(38)34(7,44)26(20)27(40)29(36(21,28)45)48-31(42)33(6,43)9-2/h18-29,39-40,43-46H,8-17H2,1-7H3/t18-,19+,20+,21+,22-,23-,24+,25-,26-,27-,28+,29+,32+,33-,34-,35-,36+,37+/m1/s1. The van der Waals surface area contributed by atoms with Gasteiger partial charge in [-0.05, 0) is 83.0 Å². The van der Waals surface area contributed by atoms with Crippen LogP contribution in [-0.2, 0) is 23.8 Å². The summed E-state index contributed by atoms with van der Waals surface area (Å²) in [4.78, 5) is 28.9. The van der Waals surface area contributed by atoms with Gasteiger partial charge in [0.25, 0.3) is 0 Å². The molecule has 7 rings (SSSR count). The predicted octanol–water partition coefficient (Wildman–Crippen LogP) is 1.49. The molecule has 3 aliphatic heterocycles. The van der Waals surface area contributed by atoms with Gasteiger partial charge < -0.3 is 44.8 Å². The maximum Gasteiger partial charge on any atom is 0.338 e. The Morgan fingerprint density at radius 1 is 1.06 bits per heavy atom. The number of esters is 2. The van der Waals surface area contributed by atoms with Crippen LogP contribution in [0.25, 0.3) is 0 Å². The van der Waals surface area contributed by atoms with Crippen LogP contribution in [0.5, 0.6) is 0 Å². The van der Waals surface area contributed by atoms with E-state index in [0.29, 0.717) is 31.7 Å². The van der Waals surface area contributed by atoms with E-state index in [0.717, 1.165) is 19.4 Å². The Morgan fingerprint density at radius 3 is 2.41 bits per heavy atom. The van der Waals surface area contributed by atoms with E-state index in [1.54, 1.807) is 20.8 Å². The third-order valence-electron chi connectivity index (χ3n) is 15.4. The lowest BCUT2D eigenvalue weighted by Gasteiger charge is -2.64. The van der Waals surface area contributed by atoms with Gasteiger partial charge in [-0.3, -0.25) is 9.69 Å². The highest BCUT2D eigenvalue weighted by Gasteiger charge is 2.87. The summed E-state index contributed by atoms with van der Waals surface area (Å²) in [6.45, 7) is 13.8. The molecule has 7 fully saturated rings. The number of carbonyl (C=O) groups is 2. The minimum atomic E-state index is -2.05. The molecule has 278 valence electrons. The minimum absolute atomic E-state index is 0.0259. The highest BCUT2D eigenvalue weighted by molar-refractivity contribution is 5.79. The third kappa shape index (κ3) is 4.56. The van der Waals surface area contributed by atoms with Crippen LogP contribution < -0.4 is 0 Å². The van der Waals surface area contributed by atoms with Crippen molar-refractivity contribution in [3.63, 3.8) is 0 Å². The van der Waals surface area contributed by atoms with Crippen molar-refractivity contribution in [1.82, 2.24) is 4.90 Å². The Labute approximate surface area is 289 Å². The Morgan fingerprint density at radius 2 is 1.76 bits per heavy atom. The van der Waals surface area contributed by atoms with Crippen molar-refractivity contribution in [1.29, 1.82) is 0 Å². The van der Waals surface area contributed by atoms with Crippen molar-refractivity contribution in [2.75, 3.05) is 13.1 Å². The van der Waals surface area contributed by atoms with Gasteiger partial charge in [0.1, 0.15) is 5.60 Å². The molecule has 0 aromatic heterocycles. The van der Waals surface area contributed by atoms with E-state index < -0.39 is 99.6 Å². The molecule has 12 heteroatoms. The van der Waals surface area contributed by atoms with Gasteiger partial charge in [0.2, 0.25) is 5.79 Å². The summed E-state index contributed by atoms with van der Waals surface area (Å²) in [6.07, 6.45) is -2.08. The summed E-state index contributed by atoms with van der Waals surface area (Å²) < 4.78 is 18.9. The van der Waals surface area contributed by atoms with Gasteiger partial charge in [0, 0.05) is 42.3 Å². The summed E-state index contributed by atoms with van der Waals surface area (Å²) >= 11 is 0. The molecule has 4 aliphatic carbocycles. The third-order valence-corrected chi connectivity index (χ3v) is 15.4. The molecule has 1 spiro atoms. The van der Waals surface area contributed by atoms with Crippen molar-refractivity contribution < 1.29 is 54.4 Å². The van der Waals surface area contributed by atoms with E-state index in [-0.39, 0.29) is 31.2 Å². The first-order chi connectivity index (χ1) is 22.7. The SMILES string of the molecule is CC[C@H](C)C(=O)O[C@@H]1CC[C@@]2(C)[C@H]3C[C@@H](O)[C@@H]4[C@@]5(O)[C@@H](C[C@@]42O[C@]13O)[C@@H]1CN2C[C@H](C)CC[C@H]2[C@@](C)(O)[C@H]1[C@@H](O)[C@@H]5OC(=O)[C@](C)(O)CC. The maximum atomic E-state index is 13.6. The molecule has 0 radical (unpaired) electrons. The van der Waals surface area contributed by atoms with Crippen LogP contribution in [0.1, 0.15) is 99.8 Å². The first-order valence-electron chi connectivity index (χ1n) is 18.9. The van der Waals surface area contributed by atoms with Crippen molar-refractivity contribution in [3.05, 3.63) is 0 Å². The van der Waals surface area contributed by atoms with Crippen LogP contribution in [0.4, 0.5) is 0 Å². The average Bonchev–Trinajstić information content (AvgIpc) is 3.31. The number of ether oxygens (including phenoxy) is 3. The first kappa shape index (κ1) is 36.0. The zero-order valence-corrected chi connectivity index (χ0v) is 30.2. The number of aliphatic hydroxyl groups excluding tert-OH is 2. The molecule has 7 aliphatic rings. The lowest BCUT2D eigenvalue weighted by atomic mass is 9.49. The molecule has 18 atom stereocenters. The number of rotatable bonds is 6. The van der Waals surface area contributed by atoms with Gasteiger partial charge in [-0.15, -0.1) is 0 Å². The summed E-state index contributed by atoms with van der Waals surface area (Å²) in [5.74, 6) is -7.09. The number of piperidine rings is 2. The highest BCUT2D eigenvalue weighted by atomic mass is 16.7. The molecule has 4 bridgehead atoms. The fourth-order valence-electron chi connectivity index (χ4n) is 12.5.